The fourth-order valence-electron chi connectivity index (χ4n) is 2.55. The highest BCUT2D eigenvalue weighted by Gasteiger charge is 2.44. The van der Waals surface area contributed by atoms with Crippen molar-refractivity contribution in [3.8, 4) is 0 Å². The van der Waals surface area contributed by atoms with Crippen molar-refractivity contribution in [3.63, 3.8) is 0 Å². The first-order valence-electron chi connectivity index (χ1n) is 5.42. The van der Waals surface area contributed by atoms with Gasteiger partial charge in [-0.1, -0.05) is 27.2 Å². The maximum Gasteiger partial charge on any atom is 0.0548 e. The van der Waals surface area contributed by atoms with Gasteiger partial charge in [0, 0.05) is 5.41 Å². The molecule has 0 amide bonds. The summed E-state index contributed by atoms with van der Waals surface area (Å²) in [7, 11) is 0. The molecule has 1 unspecified atom stereocenters. The Morgan fingerprint density at radius 2 is 2.00 bits per heavy atom. The van der Waals surface area contributed by atoms with E-state index in [1.165, 1.54) is 12.8 Å². The molecule has 1 fully saturated rings. The molecule has 0 bridgehead atoms. The van der Waals surface area contributed by atoms with E-state index in [4.69, 9.17) is 10.5 Å². The molecule has 0 aliphatic carbocycles. The maximum atomic E-state index is 5.80. The summed E-state index contributed by atoms with van der Waals surface area (Å²) in [6.07, 6.45) is 2.45. The van der Waals surface area contributed by atoms with Crippen LogP contribution in [0, 0.1) is 17.3 Å². The molecule has 1 rings (SSSR count). The van der Waals surface area contributed by atoms with E-state index >= 15 is 0 Å². The van der Waals surface area contributed by atoms with E-state index in [0.29, 0.717) is 11.3 Å². The third-order valence-corrected chi connectivity index (χ3v) is 3.24. The second-order valence-corrected chi connectivity index (χ2v) is 4.79. The summed E-state index contributed by atoms with van der Waals surface area (Å²) in [5.74, 6) is 1.41. The van der Waals surface area contributed by atoms with Crippen molar-refractivity contribution in [2.45, 2.75) is 33.6 Å². The van der Waals surface area contributed by atoms with Crippen LogP contribution in [0.2, 0.25) is 0 Å². The van der Waals surface area contributed by atoms with Gasteiger partial charge >= 0.3 is 0 Å². The molecule has 0 spiro atoms. The van der Waals surface area contributed by atoms with Gasteiger partial charge in [-0.3, -0.25) is 0 Å². The third-order valence-electron chi connectivity index (χ3n) is 3.24. The molecule has 1 aliphatic heterocycles. The summed E-state index contributed by atoms with van der Waals surface area (Å²) < 4.78 is 5.37. The Hall–Kier alpha value is -0.0800. The predicted molar refractivity (Wildman–Crippen MR) is 55.5 cm³/mol. The van der Waals surface area contributed by atoms with Crippen LogP contribution in [0.1, 0.15) is 33.6 Å². The number of hydrogen-bond donors (Lipinski definition) is 1. The second kappa shape index (κ2) is 4.43. The van der Waals surface area contributed by atoms with Gasteiger partial charge in [0.15, 0.2) is 0 Å². The first kappa shape index (κ1) is 11.0. The van der Waals surface area contributed by atoms with E-state index in [9.17, 15) is 0 Å². The molecule has 0 aromatic carbocycles. The molecule has 0 aromatic rings. The smallest absolute Gasteiger partial charge is 0.0548 e. The summed E-state index contributed by atoms with van der Waals surface area (Å²) in [5.41, 5.74) is 6.21. The standard InChI is InChI=1S/C11H23NO/c1-4-10(6-12)11(5-9(2)3)7-13-8-11/h9-10H,4-8,12H2,1-3H3. The topological polar surface area (TPSA) is 35.2 Å². The van der Waals surface area contributed by atoms with Gasteiger partial charge in [0.25, 0.3) is 0 Å². The van der Waals surface area contributed by atoms with E-state index in [0.717, 1.165) is 25.7 Å². The molecular weight excluding hydrogens is 162 g/mol. The molecule has 0 aromatic heterocycles. The predicted octanol–water partition coefficient (Wildman–Crippen LogP) is 2.03. The molecule has 2 nitrogen and oxygen atoms in total. The Morgan fingerprint density at radius 3 is 2.23 bits per heavy atom. The molecule has 13 heavy (non-hydrogen) atoms. The monoisotopic (exact) mass is 185 g/mol. The summed E-state index contributed by atoms with van der Waals surface area (Å²) in [6.45, 7) is 9.47. The van der Waals surface area contributed by atoms with Crippen molar-refractivity contribution in [2.75, 3.05) is 19.8 Å². The van der Waals surface area contributed by atoms with Gasteiger partial charge < -0.3 is 10.5 Å². The minimum atomic E-state index is 0.414. The zero-order valence-corrected chi connectivity index (χ0v) is 9.18. The van der Waals surface area contributed by atoms with Crippen molar-refractivity contribution in [1.82, 2.24) is 0 Å². The minimum Gasteiger partial charge on any atom is -0.380 e. The Kier molecular flexibility index (Phi) is 3.74. The normalized spacial score (nSPS) is 22.8. The molecule has 0 saturated carbocycles. The van der Waals surface area contributed by atoms with Gasteiger partial charge in [-0.2, -0.15) is 0 Å². The number of rotatable bonds is 5. The zero-order valence-electron chi connectivity index (χ0n) is 9.18. The Balaban J connectivity index is 2.56. The van der Waals surface area contributed by atoms with Crippen LogP contribution in [0.4, 0.5) is 0 Å². The summed E-state index contributed by atoms with van der Waals surface area (Å²) in [4.78, 5) is 0. The fraction of sp³-hybridized carbons (Fsp3) is 1.00. The van der Waals surface area contributed by atoms with Crippen LogP contribution in [0.25, 0.3) is 0 Å². The van der Waals surface area contributed by atoms with Gasteiger partial charge in [-0.15, -0.1) is 0 Å². The lowest BCUT2D eigenvalue weighted by Crippen LogP contribution is -2.51. The highest BCUT2D eigenvalue weighted by Crippen LogP contribution is 2.42. The van der Waals surface area contributed by atoms with E-state index in [1.54, 1.807) is 0 Å². The second-order valence-electron chi connectivity index (χ2n) is 4.79. The number of nitrogens with two attached hydrogens (primary N) is 1. The van der Waals surface area contributed by atoms with Gasteiger partial charge in [-0.05, 0) is 24.8 Å². The van der Waals surface area contributed by atoms with Gasteiger partial charge in [0.05, 0.1) is 13.2 Å². The van der Waals surface area contributed by atoms with Crippen LogP contribution < -0.4 is 5.73 Å². The molecule has 2 N–H and O–H groups in total. The van der Waals surface area contributed by atoms with Crippen LogP contribution in [0.5, 0.6) is 0 Å². The SMILES string of the molecule is CCC(CN)C1(CC(C)C)COC1. The molecule has 78 valence electrons. The molecule has 1 atom stereocenters. The quantitative estimate of drug-likeness (QED) is 0.711. The van der Waals surface area contributed by atoms with Crippen molar-refractivity contribution < 1.29 is 4.74 Å². The Labute approximate surface area is 81.8 Å². The largest absolute Gasteiger partial charge is 0.380 e. The number of ether oxygens (including phenoxy) is 1. The Morgan fingerprint density at radius 1 is 1.38 bits per heavy atom. The Bertz CT molecular complexity index is 148. The average molecular weight is 185 g/mol. The fourth-order valence-corrected chi connectivity index (χ4v) is 2.55. The lowest BCUT2D eigenvalue weighted by Gasteiger charge is -2.48. The lowest BCUT2D eigenvalue weighted by molar-refractivity contribution is -0.154. The van der Waals surface area contributed by atoms with Crippen molar-refractivity contribution >= 4 is 0 Å². The highest BCUT2D eigenvalue weighted by atomic mass is 16.5. The van der Waals surface area contributed by atoms with Crippen LogP contribution in [0.15, 0.2) is 0 Å². The molecule has 2 heteroatoms. The van der Waals surface area contributed by atoms with Crippen molar-refractivity contribution in [2.24, 2.45) is 23.0 Å². The van der Waals surface area contributed by atoms with E-state index in [-0.39, 0.29) is 0 Å². The van der Waals surface area contributed by atoms with Crippen LogP contribution in [-0.4, -0.2) is 19.8 Å². The van der Waals surface area contributed by atoms with Crippen LogP contribution in [-0.2, 0) is 4.74 Å². The van der Waals surface area contributed by atoms with Crippen LogP contribution >= 0.6 is 0 Å². The van der Waals surface area contributed by atoms with Crippen LogP contribution in [0.3, 0.4) is 0 Å². The summed E-state index contributed by atoms with van der Waals surface area (Å²) in [5, 5.41) is 0. The highest BCUT2D eigenvalue weighted by molar-refractivity contribution is 4.92. The van der Waals surface area contributed by atoms with Crippen molar-refractivity contribution in [1.29, 1.82) is 0 Å². The van der Waals surface area contributed by atoms with Gasteiger partial charge in [-0.25, -0.2) is 0 Å². The third kappa shape index (κ3) is 2.23. The molecule has 1 heterocycles. The van der Waals surface area contributed by atoms with E-state index in [1.807, 2.05) is 0 Å². The van der Waals surface area contributed by atoms with Crippen molar-refractivity contribution in [3.05, 3.63) is 0 Å². The molecule has 1 aliphatic rings. The molecule has 1 saturated heterocycles. The summed E-state index contributed by atoms with van der Waals surface area (Å²) >= 11 is 0. The van der Waals surface area contributed by atoms with E-state index < -0.39 is 0 Å². The van der Waals surface area contributed by atoms with E-state index in [2.05, 4.69) is 20.8 Å². The summed E-state index contributed by atoms with van der Waals surface area (Å²) in [6, 6.07) is 0. The average Bonchev–Trinajstić information content (AvgIpc) is 2.01. The molecule has 0 radical (unpaired) electrons. The lowest BCUT2D eigenvalue weighted by atomic mass is 9.67. The minimum absolute atomic E-state index is 0.414. The first-order chi connectivity index (χ1) is 6.14. The van der Waals surface area contributed by atoms with Gasteiger partial charge in [0.2, 0.25) is 0 Å². The maximum absolute atomic E-state index is 5.80. The first-order valence-corrected chi connectivity index (χ1v) is 5.42. The number of hydrogen-bond acceptors (Lipinski definition) is 2. The zero-order chi connectivity index (χ0) is 9.90. The van der Waals surface area contributed by atoms with Gasteiger partial charge in [0.1, 0.15) is 0 Å². The molecular formula is C11H23NO.